The first-order valence-electron chi connectivity index (χ1n) is 4.87. The zero-order valence-corrected chi connectivity index (χ0v) is 9.49. The molecule has 0 radical (unpaired) electrons. The lowest BCUT2D eigenvalue weighted by molar-refractivity contribution is -0.186. The van der Waals surface area contributed by atoms with Crippen LogP contribution in [0.15, 0.2) is 18.2 Å². The molecule has 1 rings (SSSR count). The van der Waals surface area contributed by atoms with Crippen molar-refractivity contribution >= 4 is 6.29 Å². The molecule has 0 bridgehead atoms. The average molecular weight is 264 g/mol. The molecule has 4 nitrogen and oxygen atoms in total. The molecule has 0 unspecified atom stereocenters. The molecule has 0 heterocycles. The lowest BCUT2D eigenvalue weighted by atomic mass is 10.2. The summed E-state index contributed by atoms with van der Waals surface area (Å²) in [4.78, 5) is 10.7. The molecule has 0 aliphatic rings. The predicted octanol–water partition coefficient (Wildman–Crippen LogP) is 2.42. The third-order valence-corrected chi connectivity index (χ3v) is 1.91. The molecule has 0 fully saturated rings. The van der Waals surface area contributed by atoms with Gasteiger partial charge in [-0.25, -0.2) is 0 Å². The molecule has 0 saturated heterocycles. The van der Waals surface area contributed by atoms with Gasteiger partial charge in [0.15, 0.2) is 13.1 Å². The number of carbonyl (C=O) groups excluding carboxylic acids is 1. The van der Waals surface area contributed by atoms with Gasteiger partial charge in [0, 0.05) is 0 Å². The fourth-order valence-corrected chi connectivity index (χ4v) is 1.14. The number of benzene rings is 1. The maximum Gasteiger partial charge on any atom is 0.411 e. The summed E-state index contributed by atoms with van der Waals surface area (Å²) < 4.78 is 49.4. The smallest absolute Gasteiger partial charge is 0.411 e. The highest BCUT2D eigenvalue weighted by molar-refractivity contribution is 5.80. The van der Waals surface area contributed by atoms with Crippen molar-refractivity contribution in [2.45, 2.75) is 6.18 Å². The molecule has 0 aliphatic carbocycles. The number of alkyl halides is 3. The van der Waals surface area contributed by atoms with E-state index in [1.807, 2.05) is 0 Å². The fourth-order valence-electron chi connectivity index (χ4n) is 1.14. The number of hydrogen-bond acceptors (Lipinski definition) is 4. The van der Waals surface area contributed by atoms with Crippen molar-refractivity contribution in [2.24, 2.45) is 0 Å². The molecule has 0 amide bonds. The number of carbonyl (C=O) groups is 1. The Labute approximate surface area is 101 Å². The topological polar surface area (TPSA) is 44.8 Å². The normalized spacial score (nSPS) is 11.1. The first-order chi connectivity index (χ1) is 8.46. The Balaban J connectivity index is 2.54. The first kappa shape index (κ1) is 14.3. The van der Waals surface area contributed by atoms with Gasteiger partial charge in [0.05, 0.1) is 12.7 Å². The van der Waals surface area contributed by atoms with Gasteiger partial charge in [0.2, 0.25) is 0 Å². The minimum absolute atomic E-state index is 0.132. The van der Waals surface area contributed by atoms with Crippen molar-refractivity contribution < 1.29 is 32.2 Å². The monoisotopic (exact) mass is 264 g/mol. The van der Waals surface area contributed by atoms with E-state index in [9.17, 15) is 18.0 Å². The predicted molar refractivity (Wildman–Crippen MR) is 55.9 cm³/mol. The van der Waals surface area contributed by atoms with Crippen molar-refractivity contribution in [3.05, 3.63) is 23.8 Å². The summed E-state index contributed by atoms with van der Waals surface area (Å²) in [6.45, 7) is -1.99. The van der Waals surface area contributed by atoms with Crippen LogP contribution in [0.4, 0.5) is 13.2 Å². The van der Waals surface area contributed by atoms with Gasteiger partial charge in [0.25, 0.3) is 0 Å². The van der Waals surface area contributed by atoms with Crippen LogP contribution in [0.2, 0.25) is 0 Å². The van der Waals surface area contributed by atoms with Gasteiger partial charge >= 0.3 is 6.18 Å². The summed E-state index contributed by atoms with van der Waals surface area (Å²) in [7, 11) is 1.43. The third kappa shape index (κ3) is 4.62. The Hall–Kier alpha value is -1.76. The second-order valence-corrected chi connectivity index (χ2v) is 3.25. The van der Waals surface area contributed by atoms with Crippen LogP contribution in [0.25, 0.3) is 0 Å². The SMILES string of the molecule is COc1ccc(OCOCC(F)(F)F)c(C=O)c1. The number of halogens is 3. The molecular formula is C11H11F3O4. The van der Waals surface area contributed by atoms with E-state index in [4.69, 9.17) is 9.47 Å². The van der Waals surface area contributed by atoms with E-state index in [0.29, 0.717) is 12.0 Å². The third-order valence-electron chi connectivity index (χ3n) is 1.91. The Morgan fingerprint density at radius 3 is 2.61 bits per heavy atom. The van der Waals surface area contributed by atoms with Crippen molar-refractivity contribution in [1.82, 2.24) is 0 Å². The number of hydrogen-bond donors (Lipinski definition) is 0. The zero-order valence-electron chi connectivity index (χ0n) is 9.49. The largest absolute Gasteiger partial charge is 0.497 e. The summed E-state index contributed by atoms with van der Waals surface area (Å²) in [6, 6.07) is 4.34. The molecule has 0 aromatic heterocycles. The van der Waals surface area contributed by atoms with Crippen LogP contribution in [0.5, 0.6) is 11.5 Å². The summed E-state index contributed by atoms with van der Waals surface area (Å²) >= 11 is 0. The lowest BCUT2D eigenvalue weighted by Crippen LogP contribution is -2.19. The second-order valence-electron chi connectivity index (χ2n) is 3.25. The van der Waals surface area contributed by atoms with Crippen LogP contribution in [-0.4, -0.2) is 33.0 Å². The van der Waals surface area contributed by atoms with Gasteiger partial charge in [0.1, 0.15) is 18.1 Å². The van der Waals surface area contributed by atoms with Crippen molar-refractivity contribution in [3.63, 3.8) is 0 Å². The average Bonchev–Trinajstić information content (AvgIpc) is 2.33. The number of aldehydes is 1. The number of methoxy groups -OCH3 is 1. The molecule has 0 saturated carbocycles. The van der Waals surface area contributed by atoms with Crippen LogP contribution in [0.1, 0.15) is 10.4 Å². The summed E-state index contributed by atoms with van der Waals surface area (Å²) in [5, 5.41) is 0. The maximum absolute atomic E-state index is 11.8. The van der Waals surface area contributed by atoms with E-state index in [1.165, 1.54) is 25.3 Å². The Bertz CT molecular complexity index is 404. The van der Waals surface area contributed by atoms with E-state index >= 15 is 0 Å². The Morgan fingerprint density at radius 2 is 2.06 bits per heavy atom. The van der Waals surface area contributed by atoms with Crippen LogP contribution >= 0.6 is 0 Å². The Morgan fingerprint density at radius 1 is 1.33 bits per heavy atom. The van der Waals surface area contributed by atoms with E-state index in [2.05, 4.69) is 4.74 Å². The molecule has 0 atom stereocenters. The quantitative estimate of drug-likeness (QED) is 0.449. The van der Waals surface area contributed by atoms with E-state index in [1.54, 1.807) is 0 Å². The van der Waals surface area contributed by atoms with Crippen molar-refractivity contribution in [1.29, 1.82) is 0 Å². The van der Waals surface area contributed by atoms with Crippen LogP contribution in [-0.2, 0) is 4.74 Å². The van der Waals surface area contributed by atoms with Crippen LogP contribution in [0, 0.1) is 0 Å². The summed E-state index contributed by atoms with van der Waals surface area (Å²) in [6.07, 6.45) is -3.89. The highest BCUT2D eigenvalue weighted by Crippen LogP contribution is 2.23. The standard InChI is InChI=1S/C11H11F3O4/c1-16-9-2-3-10(8(4-9)5-15)18-7-17-6-11(12,13)14/h2-5H,6-7H2,1H3. The lowest BCUT2D eigenvalue weighted by Gasteiger charge is -2.11. The van der Waals surface area contributed by atoms with Gasteiger partial charge in [-0.3, -0.25) is 4.79 Å². The van der Waals surface area contributed by atoms with E-state index in [-0.39, 0.29) is 11.3 Å². The van der Waals surface area contributed by atoms with Gasteiger partial charge in [-0.15, -0.1) is 0 Å². The number of ether oxygens (including phenoxy) is 3. The molecule has 100 valence electrons. The van der Waals surface area contributed by atoms with Crippen LogP contribution in [0.3, 0.4) is 0 Å². The van der Waals surface area contributed by atoms with E-state index in [0.717, 1.165) is 0 Å². The van der Waals surface area contributed by atoms with Gasteiger partial charge in [-0.2, -0.15) is 13.2 Å². The van der Waals surface area contributed by atoms with Gasteiger partial charge < -0.3 is 14.2 Å². The molecule has 18 heavy (non-hydrogen) atoms. The van der Waals surface area contributed by atoms with Crippen LogP contribution < -0.4 is 9.47 Å². The minimum Gasteiger partial charge on any atom is -0.497 e. The molecule has 7 heteroatoms. The molecule has 0 N–H and O–H groups in total. The van der Waals surface area contributed by atoms with Crippen molar-refractivity contribution in [2.75, 3.05) is 20.5 Å². The highest BCUT2D eigenvalue weighted by atomic mass is 19.4. The van der Waals surface area contributed by atoms with Crippen molar-refractivity contribution in [3.8, 4) is 11.5 Å². The number of rotatable bonds is 6. The van der Waals surface area contributed by atoms with Gasteiger partial charge in [-0.1, -0.05) is 0 Å². The molecule has 1 aromatic carbocycles. The molecule has 1 aromatic rings. The Kier molecular flexibility index (Phi) is 4.96. The minimum atomic E-state index is -4.41. The summed E-state index contributed by atoms with van der Waals surface area (Å²) in [5.74, 6) is 0.577. The first-order valence-corrected chi connectivity index (χ1v) is 4.87. The fraction of sp³-hybridized carbons (Fsp3) is 0.364. The maximum atomic E-state index is 11.8. The summed E-state index contributed by atoms with van der Waals surface area (Å²) in [5.41, 5.74) is 0.171. The second kappa shape index (κ2) is 6.25. The zero-order chi connectivity index (χ0) is 13.6. The highest BCUT2D eigenvalue weighted by Gasteiger charge is 2.27. The van der Waals surface area contributed by atoms with E-state index < -0.39 is 19.6 Å². The molecular weight excluding hydrogens is 253 g/mol. The molecule has 0 aliphatic heterocycles. The molecule has 0 spiro atoms. The van der Waals surface area contributed by atoms with Gasteiger partial charge in [-0.05, 0) is 18.2 Å².